The van der Waals surface area contributed by atoms with Crippen molar-refractivity contribution in [3.63, 3.8) is 0 Å². The zero-order valence-corrected chi connectivity index (χ0v) is 11.6. The summed E-state index contributed by atoms with van der Waals surface area (Å²) in [5, 5.41) is 0.664. The Kier molecular flexibility index (Phi) is 3.53. The third-order valence-corrected chi connectivity index (χ3v) is 4.32. The molecule has 0 spiro atoms. The van der Waals surface area contributed by atoms with E-state index in [9.17, 15) is 0 Å². The molecule has 0 saturated carbocycles. The molecule has 2 atom stereocenters. The summed E-state index contributed by atoms with van der Waals surface area (Å²) < 4.78 is 0. The third kappa shape index (κ3) is 2.52. The fraction of sp³-hybridized carbons (Fsp3) is 0.571. The second-order valence-electron chi connectivity index (χ2n) is 5.35. The van der Waals surface area contributed by atoms with E-state index in [-0.39, 0.29) is 0 Å². The van der Waals surface area contributed by atoms with Gasteiger partial charge in [0.1, 0.15) is 0 Å². The molecule has 0 radical (unpaired) electrons. The van der Waals surface area contributed by atoms with Crippen molar-refractivity contribution < 1.29 is 0 Å². The van der Waals surface area contributed by atoms with Crippen LogP contribution in [0.4, 0.5) is 11.4 Å². The smallest absolute Gasteiger partial charge is 0.0656 e. The molecule has 1 aliphatic heterocycles. The van der Waals surface area contributed by atoms with Gasteiger partial charge in [-0.2, -0.15) is 0 Å². The molecule has 3 heteroatoms. The fourth-order valence-electron chi connectivity index (χ4n) is 2.52. The van der Waals surface area contributed by atoms with Crippen LogP contribution in [-0.2, 0) is 0 Å². The van der Waals surface area contributed by atoms with Crippen molar-refractivity contribution in [1.82, 2.24) is 0 Å². The van der Waals surface area contributed by atoms with Gasteiger partial charge in [-0.1, -0.05) is 25.4 Å². The summed E-state index contributed by atoms with van der Waals surface area (Å²) in [5.41, 5.74) is 8.95. The highest BCUT2D eigenvalue weighted by Gasteiger charge is 2.23. The second kappa shape index (κ2) is 4.77. The van der Waals surface area contributed by atoms with Crippen LogP contribution < -0.4 is 10.6 Å². The van der Waals surface area contributed by atoms with E-state index >= 15 is 0 Å². The van der Waals surface area contributed by atoms with Crippen LogP contribution in [0.1, 0.15) is 25.8 Å². The van der Waals surface area contributed by atoms with Gasteiger partial charge in [-0.15, -0.1) is 0 Å². The van der Waals surface area contributed by atoms with Gasteiger partial charge in [0.15, 0.2) is 0 Å². The van der Waals surface area contributed by atoms with Crippen LogP contribution in [0, 0.1) is 18.8 Å². The SMILES string of the molecule is Cc1cc(N)c(Cl)cc1N1CCC(C)C(C)C1. The lowest BCUT2D eigenvalue weighted by molar-refractivity contribution is 0.324. The maximum atomic E-state index is 6.12. The van der Waals surface area contributed by atoms with Crippen molar-refractivity contribution in [1.29, 1.82) is 0 Å². The summed E-state index contributed by atoms with van der Waals surface area (Å²) in [4.78, 5) is 2.44. The largest absolute Gasteiger partial charge is 0.398 e. The number of nitrogens with zero attached hydrogens (tertiary/aromatic N) is 1. The van der Waals surface area contributed by atoms with Gasteiger partial charge < -0.3 is 10.6 Å². The molecule has 0 aliphatic carbocycles. The lowest BCUT2D eigenvalue weighted by Crippen LogP contribution is -2.38. The summed E-state index contributed by atoms with van der Waals surface area (Å²) >= 11 is 6.12. The first-order valence-corrected chi connectivity index (χ1v) is 6.67. The molecule has 1 aliphatic rings. The summed E-state index contributed by atoms with van der Waals surface area (Å²) in [6.45, 7) is 9.00. The third-order valence-electron chi connectivity index (χ3n) is 3.99. The molecule has 0 aromatic heterocycles. The lowest BCUT2D eigenvalue weighted by Gasteiger charge is -2.37. The first-order valence-electron chi connectivity index (χ1n) is 6.29. The minimum Gasteiger partial charge on any atom is -0.398 e. The molecule has 0 bridgehead atoms. The van der Waals surface area contributed by atoms with Crippen molar-refractivity contribution in [2.45, 2.75) is 27.2 Å². The minimum atomic E-state index is 0.664. The van der Waals surface area contributed by atoms with Crippen LogP contribution in [0.25, 0.3) is 0 Å². The number of benzene rings is 1. The average Bonchev–Trinajstić information content (AvgIpc) is 2.27. The number of nitrogens with two attached hydrogens (primary N) is 1. The van der Waals surface area contributed by atoms with Crippen molar-refractivity contribution >= 4 is 23.0 Å². The topological polar surface area (TPSA) is 29.3 Å². The summed E-state index contributed by atoms with van der Waals surface area (Å²) in [7, 11) is 0. The van der Waals surface area contributed by atoms with Crippen LogP contribution in [0.3, 0.4) is 0 Å². The van der Waals surface area contributed by atoms with E-state index in [1.54, 1.807) is 0 Å². The number of hydrogen-bond acceptors (Lipinski definition) is 2. The van der Waals surface area contributed by atoms with E-state index in [1.165, 1.54) is 17.7 Å². The Bertz CT molecular complexity index is 417. The minimum absolute atomic E-state index is 0.664. The van der Waals surface area contributed by atoms with Gasteiger partial charge in [0.05, 0.1) is 10.7 Å². The molecule has 94 valence electrons. The first kappa shape index (κ1) is 12.6. The fourth-order valence-corrected chi connectivity index (χ4v) is 2.67. The highest BCUT2D eigenvalue weighted by Crippen LogP contribution is 2.33. The molecule has 1 fully saturated rings. The Hall–Kier alpha value is -0.890. The van der Waals surface area contributed by atoms with Gasteiger partial charge in [0, 0.05) is 18.8 Å². The maximum absolute atomic E-state index is 6.12. The molecule has 1 saturated heterocycles. The van der Waals surface area contributed by atoms with E-state index in [1.807, 2.05) is 12.1 Å². The van der Waals surface area contributed by atoms with Crippen molar-refractivity contribution in [3.05, 3.63) is 22.7 Å². The summed E-state index contributed by atoms with van der Waals surface area (Å²) in [6.07, 6.45) is 1.25. The van der Waals surface area contributed by atoms with Gasteiger partial charge in [-0.25, -0.2) is 0 Å². The lowest BCUT2D eigenvalue weighted by atomic mass is 9.88. The number of rotatable bonds is 1. The predicted molar refractivity (Wildman–Crippen MR) is 75.8 cm³/mol. The van der Waals surface area contributed by atoms with E-state index < -0.39 is 0 Å². The second-order valence-corrected chi connectivity index (χ2v) is 5.76. The summed E-state index contributed by atoms with van der Waals surface area (Å²) in [6, 6.07) is 3.98. The molecule has 2 rings (SSSR count). The Balaban J connectivity index is 2.26. The van der Waals surface area contributed by atoms with Gasteiger partial charge in [-0.05, 0) is 42.9 Å². The normalized spacial score (nSPS) is 25.1. The van der Waals surface area contributed by atoms with Gasteiger partial charge in [0.2, 0.25) is 0 Å². The predicted octanol–water partition coefficient (Wildman–Crippen LogP) is 3.71. The number of piperidine rings is 1. The summed E-state index contributed by atoms with van der Waals surface area (Å²) in [5.74, 6) is 1.55. The molecule has 2 unspecified atom stereocenters. The highest BCUT2D eigenvalue weighted by molar-refractivity contribution is 6.33. The van der Waals surface area contributed by atoms with E-state index in [4.69, 9.17) is 17.3 Å². The molecule has 2 nitrogen and oxygen atoms in total. The number of anilines is 2. The molecule has 0 amide bonds. The van der Waals surface area contributed by atoms with Crippen LogP contribution in [0.5, 0.6) is 0 Å². The highest BCUT2D eigenvalue weighted by atomic mass is 35.5. The molecule has 17 heavy (non-hydrogen) atoms. The first-order chi connectivity index (χ1) is 7.99. The number of nitrogen functional groups attached to an aromatic ring is 1. The molecule has 1 heterocycles. The van der Waals surface area contributed by atoms with E-state index in [0.29, 0.717) is 10.7 Å². The molecular weight excluding hydrogens is 232 g/mol. The molecular formula is C14H21ClN2. The Labute approximate surface area is 109 Å². The quantitative estimate of drug-likeness (QED) is 0.772. The van der Waals surface area contributed by atoms with Gasteiger partial charge in [0.25, 0.3) is 0 Å². The van der Waals surface area contributed by atoms with Crippen molar-refractivity contribution in [2.75, 3.05) is 23.7 Å². The van der Waals surface area contributed by atoms with E-state index in [0.717, 1.165) is 24.9 Å². The van der Waals surface area contributed by atoms with Crippen molar-refractivity contribution in [3.8, 4) is 0 Å². The van der Waals surface area contributed by atoms with Crippen LogP contribution in [0.15, 0.2) is 12.1 Å². The number of halogens is 1. The van der Waals surface area contributed by atoms with Crippen LogP contribution in [0.2, 0.25) is 5.02 Å². The van der Waals surface area contributed by atoms with Gasteiger partial charge >= 0.3 is 0 Å². The van der Waals surface area contributed by atoms with Crippen LogP contribution >= 0.6 is 11.6 Å². The van der Waals surface area contributed by atoms with Crippen molar-refractivity contribution in [2.24, 2.45) is 11.8 Å². The monoisotopic (exact) mass is 252 g/mol. The van der Waals surface area contributed by atoms with Gasteiger partial charge in [-0.3, -0.25) is 0 Å². The van der Waals surface area contributed by atoms with Crippen LogP contribution in [-0.4, -0.2) is 13.1 Å². The maximum Gasteiger partial charge on any atom is 0.0656 e. The van der Waals surface area contributed by atoms with E-state index in [2.05, 4.69) is 25.7 Å². The number of hydrogen-bond donors (Lipinski definition) is 1. The molecule has 1 aromatic rings. The average molecular weight is 253 g/mol. The standard InChI is InChI=1S/C14H21ClN2/c1-9-4-5-17(8-11(9)3)14-7-12(15)13(16)6-10(14)2/h6-7,9,11H,4-5,8,16H2,1-3H3. The Morgan fingerprint density at radius 1 is 1.29 bits per heavy atom. The number of aryl methyl sites for hydroxylation is 1. The Morgan fingerprint density at radius 2 is 2.00 bits per heavy atom. The zero-order valence-electron chi connectivity index (χ0n) is 10.8. The molecule has 1 aromatic carbocycles. The zero-order chi connectivity index (χ0) is 12.6. The molecule has 2 N–H and O–H groups in total. The Morgan fingerprint density at radius 3 is 2.65 bits per heavy atom.